The molecule has 0 heterocycles. The lowest BCUT2D eigenvalue weighted by Crippen LogP contribution is -2.33. The van der Waals surface area contributed by atoms with Crippen LogP contribution in [0.15, 0.2) is 30.3 Å². The lowest BCUT2D eigenvalue weighted by molar-refractivity contribution is 0.0913. The Morgan fingerprint density at radius 2 is 1.69 bits per heavy atom. The summed E-state index contributed by atoms with van der Waals surface area (Å²) in [4.78, 5) is 11.5. The molecule has 0 aliphatic heterocycles. The number of nitrogens with zero attached hydrogens (tertiary/aromatic N) is 1. The molecule has 2 heteroatoms. The largest absolute Gasteiger partial charge is 0.272 e. The summed E-state index contributed by atoms with van der Waals surface area (Å²) in [6, 6.07) is 9.11. The van der Waals surface area contributed by atoms with Gasteiger partial charge < -0.3 is 0 Å². The Balaban J connectivity index is 2.71. The zero-order valence-corrected chi connectivity index (χ0v) is 8.24. The molecule has 0 aromatic heterocycles. The fourth-order valence-electron chi connectivity index (χ4n) is 0.950. The molecule has 0 bridgehead atoms. The summed E-state index contributed by atoms with van der Waals surface area (Å²) in [7, 11) is 0. The molecule has 2 nitrogen and oxygen atoms in total. The first-order valence-electron chi connectivity index (χ1n) is 4.31. The Labute approximate surface area is 79.0 Å². The highest BCUT2D eigenvalue weighted by molar-refractivity contribution is 5.94. The molecule has 0 unspecified atom stereocenters. The molecule has 0 N–H and O–H groups in total. The second-order valence-corrected chi connectivity index (χ2v) is 3.95. The summed E-state index contributed by atoms with van der Waals surface area (Å²) in [5.41, 5.74) is 0.352. The molecule has 0 saturated heterocycles. The lowest BCUT2D eigenvalue weighted by Gasteiger charge is -2.16. The van der Waals surface area contributed by atoms with E-state index in [0.29, 0.717) is 5.56 Å². The molecule has 0 atom stereocenters. The molecule has 13 heavy (non-hydrogen) atoms. The Morgan fingerprint density at radius 1 is 1.15 bits per heavy atom. The van der Waals surface area contributed by atoms with Crippen LogP contribution >= 0.6 is 0 Å². The van der Waals surface area contributed by atoms with Crippen LogP contribution in [-0.2, 0) is 0 Å². The summed E-state index contributed by atoms with van der Waals surface area (Å²) in [5, 5.41) is 4.04. The van der Waals surface area contributed by atoms with Gasteiger partial charge in [-0.2, -0.15) is 0 Å². The van der Waals surface area contributed by atoms with Crippen molar-refractivity contribution < 1.29 is 4.79 Å². The monoisotopic (exact) mass is 176 g/mol. The molecule has 0 saturated carbocycles. The summed E-state index contributed by atoms with van der Waals surface area (Å²) in [6.07, 6.45) is 0. The molecule has 69 valence electrons. The first-order chi connectivity index (χ1) is 5.99. The van der Waals surface area contributed by atoms with Crippen LogP contribution in [0.1, 0.15) is 31.1 Å². The molecule has 0 spiro atoms. The standard InChI is InChI=1S/C11H14NO/c1-11(2,3)12-10(13)9-7-5-4-6-8-9/h4-8H,1-3H3. The summed E-state index contributed by atoms with van der Waals surface area (Å²) < 4.78 is 0. The second-order valence-electron chi connectivity index (χ2n) is 3.95. The van der Waals surface area contributed by atoms with E-state index in [9.17, 15) is 4.79 Å². The second kappa shape index (κ2) is 3.60. The number of carbonyl (C=O) groups excluding carboxylic acids is 1. The molecular weight excluding hydrogens is 162 g/mol. The van der Waals surface area contributed by atoms with Crippen molar-refractivity contribution in [1.29, 1.82) is 0 Å². The molecule has 0 aliphatic carbocycles. The number of rotatable bonds is 1. The third-order valence-electron chi connectivity index (χ3n) is 1.46. The van der Waals surface area contributed by atoms with Crippen molar-refractivity contribution in [2.45, 2.75) is 26.3 Å². The summed E-state index contributed by atoms with van der Waals surface area (Å²) in [6.45, 7) is 5.73. The third-order valence-corrected chi connectivity index (χ3v) is 1.46. The van der Waals surface area contributed by atoms with E-state index < -0.39 is 0 Å². The van der Waals surface area contributed by atoms with Crippen LogP contribution in [0.5, 0.6) is 0 Å². The van der Waals surface area contributed by atoms with Crippen molar-refractivity contribution in [2.75, 3.05) is 0 Å². The van der Waals surface area contributed by atoms with Crippen LogP contribution in [-0.4, -0.2) is 11.4 Å². The average molecular weight is 176 g/mol. The van der Waals surface area contributed by atoms with Crippen LogP contribution in [0.2, 0.25) is 0 Å². The highest BCUT2D eigenvalue weighted by Gasteiger charge is 2.17. The number of amides is 1. The van der Waals surface area contributed by atoms with E-state index in [1.165, 1.54) is 0 Å². The number of benzene rings is 1. The van der Waals surface area contributed by atoms with Gasteiger partial charge in [-0.05, 0) is 32.9 Å². The van der Waals surface area contributed by atoms with Gasteiger partial charge in [-0.15, -0.1) is 0 Å². The Hall–Kier alpha value is -1.31. The quantitative estimate of drug-likeness (QED) is 0.645. The van der Waals surface area contributed by atoms with Gasteiger partial charge in [0.25, 0.3) is 5.91 Å². The third kappa shape index (κ3) is 3.28. The Morgan fingerprint density at radius 3 is 2.15 bits per heavy atom. The molecule has 1 rings (SSSR count). The van der Waals surface area contributed by atoms with Gasteiger partial charge in [-0.3, -0.25) is 4.79 Å². The zero-order valence-electron chi connectivity index (χ0n) is 8.24. The number of hydrogen-bond donors (Lipinski definition) is 0. The van der Waals surface area contributed by atoms with Crippen molar-refractivity contribution in [3.63, 3.8) is 0 Å². The highest BCUT2D eigenvalue weighted by Crippen LogP contribution is 2.05. The summed E-state index contributed by atoms with van der Waals surface area (Å²) in [5.74, 6) is -0.145. The molecular formula is C11H14NO. The van der Waals surface area contributed by atoms with Crippen LogP contribution in [0.3, 0.4) is 0 Å². The molecule has 0 fully saturated rings. The van der Waals surface area contributed by atoms with Crippen LogP contribution in [0.4, 0.5) is 0 Å². The van der Waals surface area contributed by atoms with Crippen LogP contribution < -0.4 is 5.32 Å². The molecule has 1 radical (unpaired) electrons. The van der Waals surface area contributed by atoms with Crippen molar-refractivity contribution >= 4 is 5.91 Å². The lowest BCUT2D eigenvalue weighted by atomic mass is 10.1. The van der Waals surface area contributed by atoms with E-state index in [4.69, 9.17) is 0 Å². The van der Waals surface area contributed by atoms with Gasteiger partial charge in [0.2, 0.25) is 0 Å². The Kier molecular flexibility index (Phi) is 2.71. The first-order valence-corrected chi connectivity index (χ1v) is 4.31. The SMILES string of the molecule is CC(C)(C)[N]C(=O)c1ccccc1. The van der Waals surface area contributed by atoms with Gasteiger partial charge in [-0.25, -0.2) is 5.32 Å². The maximum absolute atomic E-state index is 11.5. The van der Waals surface area contributed by atoms with E-state index in [-0.39, 0.29) is 11.4 Å². The van der Waals surface area contributed by atoms with Gasteiger partial charge in [-0.1, -0.05) is 18.2 Å². The van der Waals surface area contributed by atoms with Crippen molar-refractivity contribution in [1.82, 2.24) is 5.32 Å². The van der Waals surface area contributed by atoms with E-state index >= 15 is 0 Å². The zero-order chi connectivity index (χ0) is 9.90. The predicted molar refractivity (Wildman–Crippen MR) is 52.7 cm³/mol. The van der Waals surface area contributed by atoms with Gasteiger partial charge in [0.05, 0.1) is 5.54 Å². The van der Waals surface area contributed by atoms with E-state index in [2.05, 4.69) is 5.32 Å². The van der Waals surface area contributed by atoms with Gasteiger partial charge in [0.15, 0.2) is 0 Å². The van der Waals surface area contributed by atoms with Gasteiger partial charge in [0.1, 0.15) is 0 Å². The summed E-state index contributed by atoms with van der Waals surface area (Å²) >= 11 is 0. The topological polar surface area (TPSA) is 31.2 Å². The smallest absolute Gasteiger partial charge is 0.267 e. The Bertz CT molecular complexity index is 285. The van der Waals surface area contributed by atoms with E-state index in [1.807, 2.05) is 39.0 Å². The van der Waals surface area contributed by atoms with Gasteiger partial charge in [0, 0.05) is 5.56 Å². The highest BCUT2D eigenvalue weighted by atomic mass is 16.1. The van der Waals surface area contributed by atoms with Crippen LogP contribution in [0.25, 0.3) is 0 Å². The average Bonchev–Trinajstić information content (AvgIpc) is 2.03. The normalized spacial score (nSPS) is 11.0. The number of hydrogen-bond acceptors (Lipinski definition) is 1. The molecule has 1 aromatic carbocycles. The van der Waals surface area contributed by atoms with Gasteiger partial charge >= 0.3 is 0 Å². The van der Waals surface area contributed by atoms with Crippen molar-refractivity contribution in [2.24, 2.45) is 0 Å². The first kappa shape index (κ1) is 9.78. The molecule has 1 aromatic rings. The minimum atomic E-state index is -0.299. The van der Waals surface area contributed by atoms with Crippen molar-refractivity contribution in [3.8, 4) is 0 Å². The van der Waals surface area contributed by atoms with E-state index in [1.54, 1.807) is 12.1 Å². The fourth-order valence-corrected chi connectivity index (χ4v) is 0.950. The molecule has 1 amide bonds. The maximum atomic E-state index is 11.5. The minimum Gasteiger partial charge on any atom is -0.267 e. The fraction of sp³-hybridized carbons (Fsp3) is 0.364. The number of carbonyl (C=O) groups is 1. The predicted octanol–water partition coefficient (Wildman–Crippen LogP) is 2.23. The van der Waals surface area contributed by atoms with Crippen LogP contribution in [0, 0.1) is 0 Å². The van der Waals surface area contributed by atoms with Crippen molar-refractivity contribution in [3.05, 3.63) is 35.9 Å². The van der Waals surface area contributed by atoms with E-state index in [0.717, 1.165) is 0 Å². The molecule has 0 aliphatic rings. The maximum Gasteiger partial charge on any atom is 0.272 e. The minimum absolute atomic E-state index is 0.145.